The fourth-order valence-electron chi connectivity index (χ4n) is 3.19. The van der Waals surface area contributed by atoms with Crippen molar-refractivity contribution in [3.63, 3.8) is 0 Å². The first-order valence-corrected chi connectivity index (χ1v) is 8.82. The molecule has 2 N–H and O–H groups in total. The number of carbonyl (C=O) groups is 1. The van der Waals surface area contributed by atoms with Crippen LogP contribution in [0.25, 0.3) is 33.5 Å². The average molecular weight is 357 g/mol. The van der Waals surface area contributed by atoms with Crippen LogP contribution < -0.4 is 0 Å². The second-order valence-electron chi connectivity index (χ2n) is 6.80. The Morgan fingerprint density at radius 2 is 1.70 bits per heavy atom. The van der Waals surface area contributed by atoms with Gasteiger partial charge in [0.05, 0.1) is 22.3 Å². The summed E-state index contributed by atoms with van der Waals surface area (Å²) >= 11 is 0. The summed E-state index contributed by atoms with van der Waals surface area (Å²) in [6, 6.07) is 19.2. The molecule has 5 heteroatoms. The molecule has 0 aliphatic carbocycles. The number of hydrogen-bond donors (Lipinski definition) is 2. The highest BCUT2D eigenvalue weighted by atomic mass is 16.4. The molecule has 0 saturated heterocycles. The highest BCUT2D eigenvalue weighted by molar-refractivity contribution is 6.08. The molecule has 134 valence electrons. The lowest BCUT2D eigenvalue weighted by molar-refractivity contribution is 0.0699. The topological polar surface area (TPSA) is 78.9 Å². The van der Waals surface area contributed by atoms with Crippen LogP contribution >= 0.6 is 0 Å². The number of benzene rings is 2. The third kappa shape index (κ3) is 3.08. The van der Waals surface area contributed by atoms with Crippen molar-refractivity contribution in [3.8, 4) is 22.5 Å². The van der Waals surface area contributed by atoms with E-state index in [1.165, 1.54) is 5.56 Å². The van der Waals surface area contributed by atoms with Crippen LogP contribution in [0.15, 0.2) is 60.7 Å². The summed E-state index contributed by atoms with van der Waals surface area (Å²) < 4.78 is 0. The zero-order chi connectivity index (χ0) is 19.0. The van der Waals surface area contributed by atoms with Crippen LogP contribution in [0.3, 0.4) is 0 Å². The molecule has 0 spiro atoms. The van der Waals surface area contributed by atoms with Gasteiger partial charge in [-0.3, -0.25) is 5.10 Å². The molecule has 5 nitrogen and oxygen atoms in total. The van der Waals surface area contributed by atoms with E-state index >= 15 is 0 Å². The number of aromatic nitrogens is 3. The molecule has 2 heterocycles. The van der Waals surface area contributed by atoms with Gasteiger partial charge in [-0.25, -0.2) is 9.78 Å². The van der Waals surface area contributed by atoms with Crippen LogP contribution in [0.4, 0.5) is 0 Å². The molecule has 0 aliphatic rings. The number of pyridine rings is 1. The van der Waals surface area contributed by atoms with Gasteiger partial charge in [0.2, 0.25) is 0 Å². The number of nitrogens with one attached hydrogen (secondary N) is 1. The lowest BCUT2D eigenvalue weighted by atomic mass is 9.99. The molecule has 0 fully saturated rings. The van der Waals surface area contributed by atoms with Gasteiger partial charge in [-0.05, 0) is 17.5 Å². The summed E-state index contributed by atoms with van der Waals surface area (Å²) in [5, 5.41) is 17.5. The van der Waals surface area contributed by atoms with Crippen LogP contribution in [0, 0.1) is 0 Å². The fraction of sp³-hybridized carbons (Fsp3) is 0.136. The minimum Gasteiger partial charge on any atom is -0.478 e. The van der Waals surface area contributed by atoms with E-state index in [4.69, 9.17) is 0 Å². The van der Waals surface area contributed by atoms with Crippen molar-refractivity contribution in [2.75, 3.05) is 0 Å². The predicted molar refractivity (Wildman–Crippen MR) is 106 cm³/mol. The van der Waals surface area contributed by atoms with Crippen LogP contribution in [-0.2, 0) is 0 Å². The second-order valence-corrected chi connectivity index (χ2v) is 6.80. The molecule has 0 bridgehead atoms. The highest BCUT2D eigenvalue weighted by Crippen LogP contribution is 2.31. The Hall–Kier alpha value is -3.47. The first kappa shape index (κ1) is 17.0. The summed E-state index contributed by atoms with van der Waals surface area (Å²) in [7, 11) is 0. The third-order valence-corrected chi connectivity index (χ3v) is 4.69. The van der Waals surface area contributed by atoms with E-state index in [0.29, 0.717) is 28.3 Å². The lowest BCUT2D eigenvalue weighted by Crippen LogP contribution is -2.00. The van der Waals surface area contributed by atoms with Gasteiger partial charge in [0, 0.05) is 11.1 Å². The molecule has 2 aromatic heterocycles. The van der Waals surface area contributed by atoms with E-state index in [1.54, 1.807) is 6.07 Å². The largest absolute Gasteiger partial charge is 0.478 e. The van der Waals surface area contributed by atoms with Crippen molar-refractivity contribution in [2.45, 2.75) is 19.8 Å². The van der Waals surface area contributed by atoms with Gasteiger partial charge < -0.3 is 5.11 Å². The van der Waals surface area contributed by atoms with E-state index < -0.39 is 5.97 Å². The summed E-state index contributed by atoms with van der Waals surface area (Å²) in [4.78, 5) is 16.6. The Labute approximate surface area is 156 Å². The number of carboxylic acids is 1. The number of aromatic amines is 1. The van der Waals surface area contributed by atoms with Gasteiger partial charge in [0.1, 0.15) is 0 Å². The second kappa shape index (κ2) is 6.68. The number of carboxylic acid groups (broad SMARTS) is 1. The molecule has 2 aromatic carbocycles. The first-order valence-electron chi connectivity index (χ1n) is 8.82. The Kier molecular flexibility index (Phi) is 4.20. The number of nitrogens with zero attached hydrogens (tertiary/aromatic N) is 2. The summed E-state index contributed by atoms with van der Waals surface area (Å²) in [5.41, 5.74) is 4.82. The van der Waals surface area contributed by atoms with Gasteiger partial charge in [-0.15, -0.1) is 0 Å². The monoisotopic (exact) mass is 357 g/mol. The molecule has 4 aromatic rings. The van der Waals surface area contributed by atoms with Crippen molar-refractivity contribution < 1.29 is 9.90 Å². The minimum absolute atomic E-state index is 0.190. The molecule has 0 unspecified atom stereocenters. The molecule has 0 aliphatic heterocycles. The van der Waals surface area contributed by atoms with Crippen molar-refractivity contribution in [3.05, 3.63) is 71.8 Å². The maximum atomic E-state index is 12.0. The SMILES string of the molecule is CC(C)c1ccc(-c2cc(C(=O)O)c3c(-c4ccccc4)[nH]nc3n2)cc1. The molecular weight excluding hydrogens is 338 g/mol. The van der Waals surface area contributed by atoms with Gasteiger partial charge in [-0.2, -0.15) is 5.10 Å². The number of H-pyrrole nitrogens is 1. The molecule has 0 saturated carbocycles. The molecule has 0 radical (unpaired) electrons. The van der Waals surface area contributed by atoms with Crippen LogP contribution in [0.2, 0.25) is 0 Å². The van der Waals surface area contributed by atoms with E-state index in [0.717, 1.165) is 11.1 Å². The molecule has 27 heavy (non-hydrogen) atoms. The summed E-state index contributed by atoms with van der Waals surface area (Å²) in [5.74, 6) is -0.565. The maximum Gasteiger partial charge on any atom is 0.336 e. The van der Waals surface area contributed by atoms with E-state index in [1.807, 2.05) is 54.6 Å². The first-order chi connectivity index (χ1) is 13.0. The van der Waals surface area contributed by atoms with E-state index in [-0.39, 0.29) is 5.56 Å². The van der Waals surface area contributed by atoms with Crippen molar-refractivity contribution in [1.29, 1.82) is 0 Å². The molecule has 4 rings (SSSR count). The predicted octanol–water partition coefficient (Wildman–Crippen LogP) is 5.11. The van der Waals surface area contributed by atoms with Crippen LogP contribution in [0.1, 0.15) is 35.7 Å². The smallest absolute Gasteiger partial charge is 0.336 e. The number of aromatic carboxylic acids is 1. The fourth-order valence-corrected chi connectivity index (χ4v) is 3.19. The Morgan fingerprint density at radius 3 is 2.33 bits per heavy atom. The Bertz CT molecular complexity index is 1110. The van der Waals surface area contributed by atoms with Crippen molar-refractivity contribution >= 4 is 17.0 Å². The molecule has 0 atom stereocenters. The number of fused-ring (bicyclic) bond motifs is 1. The Morgan fingerprint density at radius 1 is 1.00 bits per heavy atom. The number of hydrogen-bond acceptors (Lipinski definition) is 3. The van der Waals surface area contributed by atoms with Crippen molar-refractivity contribution in [1.82, 2.24) is 15.2 Å². The van der Waals surface area contributed by atoms with E-state index in [2.05, 4.69) is 29.0 Å². The standard InChI is InChI=1S/C22H19N3O2/c1-13(2)14-8-10-15(11-9-14)18-12-17(22(26)27)19-20(24-25-21(19)23-18)16-6-4-3-5-7-16/h3-13H,1-2H3,(H,26,27)(H,23,24,25). The normalized spacial score (nSPS) is 11.2. The van der Waals surface area contributed by atoms with Gasteiger partial charge >= 0.3 is 5.97 Å². The van der Waals surface area contributed by atoms with Gasteiger partial charge in [-0.1, -0.05) is 68.4 Å². The molecule has 0 amide bonds. The number of rotatable bonds is 4. The van der Waals surface area contributed by atoms with Crippen LogP contribution in [0.5, 0.6) is 0 Å². The average Bonchev–Trinajstić information content (AvgIpc) is 3.12. The van der Waals surface area contributed by atoms with Gasteiger partial charge in [0.25, 0.3) is 0 Å². The molecular formula is C22H19N3O2. The lowest BCUT2D eigenvalue weighted by Gasteiger charge is -2.08. The van der Waals surface area contributed by atoms with Crippen molar-refractivity contribution in [2.24, 2.45) is 0 Å². The zero-order valence-electron chi connectivity index (χ0n) is 15.1. The quantitative estimate of drug-likeness (QED) is 0.532. The minimum atomic E-state index is -0.999. The van der Waals surface area contributed by atoms with Crippen LogP contribution in [-0.4, -0.2) is 26.3 Å². The zero-order valence-corrected chi connectivity index (χ0v) is 15.1. The summed E-state index contributed by atoms with van der Waals surface area (Å²) in [6.45, 7) is 4.27. The Balaban J connectivity index is 1.89. The maximum absolute atomic E-state index is 12.0. The van der Waals surface area contributed by atoms with Gasteiger partial charge in [0.15, 0.2) is 5.65 Å². The van der Waals surface area contributed by atoms with E-state index in [9.17, 15) is 9.90 Å². The third-order valence-electron chi connectivity index (χ3n) is 4.69. The highest BCUT2D eigenvalue weighted by Gasteiger charge is 2.19. The summed E-state index contributed by atoms with van der Waals surface area (Å²) in [6.07, 6.45) is 0.